The van der Waals surface area contributed by atoms with Crippen molar-refractivity contribution < 1.29 is 14.2 Å². The van der Waals surface area contributed by atoms with E-state index in [0.717, 1.165) is 53.1 Å². The van der Waals surface area contributed by atoms with Gasteiger partial charge >= 0.3 is 0 Å². The monoisotopic (exact) mass is 334 g/mol. The first-order chi connectivity index (χ1) is 11.7. The molecule has 5 heteroatoms. The van der Waals surface area contributed by atoms with Gasteiger partial charge in [-0.1, -0.05) is 6.92 Å². The summed E-state index contributed by atoms with van der Waals surface area (Å²) in [5.74, 6) is 2.37. The normalized spacial score (nSPS) is 12.4. The summed E-state index contributed by atoms with van der Waals surface area (Å²) in [5.41, 5.74) is 8.16. The number of rotatable bonds is 10. The summed E-state index contributed by atoms with van der Waals surface area (Å²) in [6.45, 7) is 9.82. The van der Waals surface area contributed by atoms with E-state index < -0.39 is 0 Å². The Balaban J connectivity index is 2.51. The maximum Gasteiger partial charge on any atom is 0.174 e. The van der Waals surface area contributed by atoms with Crippen LogP contribution in [0.4, 0.5) is 0 Å². The summed E-state index contributed by atoms with van der Waals surface area (Å²) in [5, 5.41) is 0.963. The van der Waals surface area contributed by atoms with Crippen molar-refractivity contribution >= 4 is 10.9 Å². The lowest BCUT2D eigenvalue weighted by molar-refractivity contribution is 0.289. The van der Waals surface area contributed by atoms with Gasteiger partial charge in [-0.15, -0.1) is 0 Å². The predicted molar refractivity (Wildman–Crippen MR) is 98.4 cm³/mol. The van der Waals surface area contributed by atoms with Gasteiger partial charge in [-0.3, -0.25) is 0 Å². The second kappa shape index (κ2) is 8.83. The van der Waals surface area contributed by atoms with Crippen LogP contribution in [-0.2, 0) is 6.42 Å². The van der Waals surface area contributed by atoms with Crippen LogP contribution in [0.25, 0.3) is 10.9 Å². The topological polar surface area (TPSA) is 69.5 Å². The smallest absolute Gasteiger partial charge is 0.174 e. The molecule has 0 amide bonds. The van der Waals surface area contributed by atoms with Crippen LogP contribution in [0.5, 0.6) is 17.2 Å². The largest absolute Gasteiger partial charge is 0.491 e. The molecule has 1 atom stereocenters. The molecule has 1 unspecified atom stereocenters. The van der Waals surface area contributed by atoms with E-state index in [1.807, 2.05) is 32.9 Å². The molecule has 0 fully saturated rings. The van der Waals surface area contributed by atoms with E-state index >= 15 is 0 Å². The average Bonchev–Trinajstić information content (AvgIpc) is 2.93. The number of aryl methyl sites for hydroxylation is 1. The Morgan fingerprint density at radius 2 is 1.62 bits per heavy atom. The minimum absolute atomic E-state index is 0.205. The zero-order chi connectivity index (χ0) is 17.5. The van der Waals surface area contributed by atoms with Crippen molar-refractivity contribution in [2.24, 2.45) is 5.73 Å². The molecule has 3 N–H and O–H groups in total. The second-order valence-corrected chi connectivity index (χ2v) is 5.75. The Hall–Kier alpha value is -1.88. The van der Waals surface area contributed by atoms with Crippen molar-refractivity contribution in [2.75, 3.05) is 19.8 Å². The third-order valence-electron chi connectivity index (χ3n) is 4.07. The number of nitrogens with one attached hydrogen (secondary N) is 1. The van der Waals surface area contributed by atoms with E-state index in [2.05, 4.69) is 11.9 Å². The highest BCUT2D eigenvalue weighted by Crippen LogP contribution is 2.43. The van der Waals surface area contributed by atoms with Crippen molar-refractivity contribution in [3.8, 4) is 17.2 Å². The lowest BCUT2D eigenvalue weighted by Crippen LogP contribution is -2.19. The van der Waals surface area contributed by atoms with Gasteiger partial charge in [0.1, 0.15) is 0 Å². The zero-order valence-corrected chi connectivity index (χ0v) is 15.3. The third-order valence-corrected chi connectivity index (χ3v) is 4.07. The van der Waals surface area contributed by atoms with Crippen LogP contribution in [0.2, 0.25) is 0 Å². The quantitative estimate of drug-likeness (QED) is 0.688. The van der Waals surface area contributed by atoms with Crippen LogP contribution in [-0.4, -0.2) is 30.8 Å². The highest BCUT2D eigenvalue weighted by Gasteiger charge is 2.20. The van der Waals surface area contributed by atoms with E-state index in [4.69, 9.17) is 19.9 Å². The van der Waals surface area contributed by atoms with Crippen molar-refractivity contribution in [1.29, 1.82) is 0 Å². The first-order valence-corrected chi connectivity index (χ1v) is 8.97. The molecule has 0 aliphatic carbocycles. The molecule has 0 aliphatic rings. The number of nitrogens with two attached hydrogens (primary N) is 1. The fraction of sp³-hybridized carbons (Fsp3) is 0.579. The SMILES string of the molecule is CCOc1ccc2[nH]c(CCC(N)CC)c(OCC)c2c1OCC. The minimum Gasteiger partial charge on any atom is -0.491 e. The van der Waals surface area contributed by atoms with Crippen LogP contribution in [0.3, 0.4) is 0 Å². The average molecular weight is 334 g/mol. The summed E-state index contributed by atoms with van der Waals surface area (Å²) < 4.78 is 17.6. The number of fused-ring (bicyclic) bond motifs is 1. The predicted octanol–water partition coefficient (Wildman–Crippen LogP) is 4.03. The van der Waals surface area contributed by atoms with Crippen molar-refractivity contribution in [1.82, 2.24) is 4.98 Å². The van der Waals surface area contributed by atoms with Crippen LogP contribution >= 0.6 is 0 Å². The van der Waals surface area contributed by atoms with Crippen LogP contribution in [0.15, 0.2) is 12.1 Å². The molecule has 24 heavy (non-hydrogen) atoms. The molecule has 0 spiro atoms. The van der Waals surface area contributed by atoms with E-state index in [1.165, 1.54) is 0 Å². The lowest BCUT2D eigenvalue weighted by Gasteiger charge is -2.13. The van der Waals surface area contributed by atoms with Crippen LogP contribution in [0.1, 0.15) is 46.2 Å². The molecule has 2 aromatic rings. The Morgan fingerprint density at radius 3 is 2.25 bits per heavy atom. The Labute approximate surface area is 144 Å². The van der Waals surface area contributed by atoms with Gasteiger partial charge in [0.15, 0.2) is 17.2 Å². The highest BCUT2D eigenvalue weighted by atomic mass is 16.5. The van der Waals surface area contributed by atoms with Gasteiger partial charge in [-0.25, -0.2) is 0 Å². The van der Waals surface area contributed by atoms with Gasteiger partial charge in [0, 0.05) is 6.04 Å². The zero-order valence-electron chi connectivity index (χ0n) is 15.3. The van der Waals surface area contributed by atoms with Gasteiger partial charge in [-0.2, -0.15) is 0 Å². The molecule has 1 aromatic heterocycles. The minimum atomic E-state index is 0.205. The molecule has 0 saturated heterocycles. The van der Waals surface area contributed by atoms with E-state index in [1.54, 1.807) is 0 Å². The number of hydrogen-bond acceptors (Lipinski definition) is 4. The Morgan fingerprint density at radius 1 is 0.958 bits per heavy atom. The van der Waals surface area contributed by atoms with E-state index in [0.29, 0.717) is 19.8 Å². The van der Waals surface area contributed by atoms with Crippen molar-refractivity contribution in [3.05, 3.63) is 17.8 Å². The fourth-order valence-corrected chi connectivity index (χ4v) is 2.83. The number of H-pyrrole nitrogens is 1. The maximum absolute atomic E-state index is 6.08. The molecule has 0 saturated carbocycles. The summed E-state index contributed by atoms with van der Waals surface area (Å²) >= 11 is 0. The molecule has 134 valence electrons. The molecule has 0 aliphatic heterocycles. The van der Waals surface area contributed by atoms with Gasteiger partial charge in [0.05, 0.1) is 36.4 Å². The van der Waals surface area contributed by atoms with Gasteiger partial charge in [0.25, 0.3) is 0 Å². The first-order valence-electron chi connectivity index (χ1n) is 8.97. The number of aromatic amines is 1. The highest BCUT2D eigenvalue weighted by molar-refractivity contribution is 5.95. The Bertz CT molecular complexity index is 652. The summed E-state index contributed by atoms with van der Waals surface area (Å²) in [7, 11) is 0. The van der Waals surface area contributed by atoms with Crippen molar-refractivity contribution in [2.45, 2.75) is 53.0 Å². The first kappa shape index (κ1) is 18.5. The van der Waals surface area contributed by atoms with Crippen molar-refractivity contribution in [3.63, 3.8) is 0 Å². The molecule has 5 nitrogen and oxygen atoms in total. The van der Waals surface area contributed by atoms with Gasteiger partial charge < -0.3 is 24.9 Å². The second-order valence-electron chi connectivity index (χ2n) is 5.75. The lowest BCUT2D eigenvalue weighted by atomic mass is 10.1. The number of benzene rings is 1. The third kappa shape index (κ3) is 3.96. The molecule has 0 bridgehead atoms. The number of aromatic nitrogens is 1. The summed E-state index contributed by atoms with van der Waals surface area (Å²) in [4.78, 5) is 3.48. The molecule has 1 heterocycles. The molecule has 2 rings (SSSR count). The Kier molecular flexibility index (Phi) is 6.79. The van der Waals surface area contributed by atoms with Gasteiger partial charge in [0.2, 0.25) is 0 Å². The summed E-state index contributed by atoms with van der Waals surface area (Å²) in [6, 6.07) is 4.18. The number of hydrogen-bond donors (Lipinski definition) is 2. The molecular formula is C19H30N2O3. The summed E-state index contributed by atoms with van der Waals surface area (Å²) in [6.07, 6.45) is 2.75. The van der Waals surface area contributed by atoms with Gasteiger partial charge in [-0.05, 0) is 52.2 Å². The molecule has 1 aromatic carbocycles. The van der Waals surface area contributed by atoms with E-state index in [9.17, 15) is 0 Å². The van der Waals surface area contributed by atoms with Crippen LogP contribution in [0, 0.1) is 0 Å². The fourth-order valence-electron chi connectivity index (χ4n) is 2.83. The molecule has 0 radical (unpaired) electrons. The van der Waals surface area contributed by atoms with E-state index in [-0.39, 0.29) is 6.04 Å². The standard InChI is InChI=1S/C19H30N2O3/c1-5-13(20)9-10-15-18(23-7-3)17-14(21-15)11-12-16(22-6-2)19(17)24-8-4/h11-13,21H,5-10,20H2,1-4H3. The number of ether oxygens (including phenoxy) is 3. The van der Waals surface area contributed by atoms with Crippen LogP contribution < -0.4 is 19.9 Å². The molecular weight excluding hydrogens is 304 g/mol. The maximum atomic E-state index is 6.08.